The molecule has 4 rings (SSSR count). The lowest BCUT2D eigenvalue weighted by molar-refractivity contribution is 0.0248. The van der Waals surface area contributed by atoms with Crippen LogP contribution in [0.3, 0.4) is 0 Å². The van der Waals surface area contributed by atoms with Crippen molar-refractivity contribution in [2.24, 2.45) is 11.8 Å². The Labute approximate surface area is 143 Å². The van der Waals surface area contributed by atoms with E-state index in [1.807, 2.05) is 24.3 Å². The molecule has 0 saturated carbocycles. The van der Waals surface area contributed by atoms with Crippen molar-refractivity contribution in [3.8, 4) is 18.1 Å². The average molecular weight is 329 g/mol. The molecular formula is C18H23N3OS. The lowest BCUT2D eigenvalue weighted by Gasteiger charge is -2.48. The van der Waals surface area contributed by atoms with E-state index in [1.165, 1.54) is 12.8 Å². The van der Waals surface area contributed by atoms with Gasteiger partial charge in [0, 0.05) is 30.7 Å². The van der Waals surface area contributed by atoms with Gasteiger partial charge in [-0.15, -0.1) is 12.3 Å². The molecule has 2 bridgehead atoms. The predicted molar refractivity (Wildman–Crippen MR) is 97.6 cm³/mol. The Kier molecular flexibility index (Phi) is 5.04. The first-order valence-electron chi connectivity index (χ1n) is 8.08. The van der Waals surface area contributed by atoms with E-state index >= 15 is 0 Å². The molecule has 3 saturated heterocycles. The summed E-state index contributed by atoms with van der Waals surface area (Å²) in [4.78, 5) is 2.51. The molecule has 0 spiro atoms. The summed E-state index contributed by atoms with van der Waals surface area (Å²) in [5, 5.41) is 7.21. The van der Waals surface area contributed by atoms with Crippen LogP contribution < -0.4 is 15.4 Å². The molecule has 5 heteroatoms. The summed E-state index contributed by atoms with van der Waals surface area (Å²) >= 11 is 5.39. The van der Waals surface area contributed by atoms with Crippen LogP contribution in [0.2, 0.25) is 0 Å². The van der Waals surface area contributed by atoms with Gasteiger partial charge in [-0.1, -0.05) is 0 Å². The van der Waals surface area contributed by atoms with Crippen LogP contribution in [0.25, 0.3) is 0 Å². The number of hydrogen-bond acceptors (Lipinski definition) is 3. The lowest BCUT2D eigenvalue weighted by Crippen LogP contribution is -2.56. The molecule has 4 nitrogen and oxygen atoms in total. The second-order valence-electron chi connectivity index (χ2n) is 6.27. The van der Waals surface area contributed by atoms with E-state index in [0.717, 1.165) is 31.1 Å². The topological polar surface area (TPSA) is 36.5 Å². The fourth-order valence-electron chi connectivity index (χ4n) is 3.60. The van der Waals surface area contributed by atoms with Crippen molar-refractivity contribution in [2.45, 2.75) is 18.9 Å². The molecule has 3 aliphatic heterocycles. The normalized spacial score (nSPS) is 28.7. The first kappa shape index (κ1) is 16.1. The number of hydrogen-bond donors (Lipinski definition) is 2. The van der Waals surface area contributed by atoms with Gasteiger partial charge in [-0.2, -0.15) is 0 Å². The summed E-state index contributed by atoms with van der Waals surface area (Å²) < 4.78 is 5.15. The van der Waals surface area contributed by atoms with Gasteiger partial charge in [-0.05, 0) is 61.8 Å². The molecule has 2 N–H and O–H groups in total. The van der Waals surface area contributed by atoms with Crippen LogP contribution in [0.1, 0.15) is 12.8 Å². The number of thiocarbonyl (C=S) groups is 1. The van der Waals surface area contributed by atoms with Crippen LogP contribution >= 0.6 is 12.2 Å². The van der Waals surface area contributed by atoms with E-state index < -0.39 is 0 Å². The summed E-state index contributed by atoms with van der Waals surface area (Å²) in [6.07, 6.45) is 8.04. The molecule has 122 valence electrons. The summed E-state index contributed by atoms with van der Waals surface area (Å²) in [5.74, 6) is 4.90. The maximum atomic E-state index is 5.63. The molecule has 4 atom stereocenters. The quantitative estimate of drug-likeness (QED) is 0.655. The van der Waals surface area contributed by atoms with Crippen LogP contribution in [0.15, 0.2) is 24.3 Å². The van der Waals surface area contributed by atoms with E-state index in [1.54, 1.807) is 7.11 Å². The van der Waals surface area contributed by atoms with Crippen LogP contribution in [0.5, 0.6) is 5.75 Å². The Morgan fingerprint density at radius 1 is 1.43 bits per heavy atom. The molecule has 1 aromatic carbocycles. The van der Waals surface area contributed by atoms with Gasteiger partial charge in [-0.25, -0.2) is 0 Å². The standard InChI is InChI=1S/C18H23N3OS/c1-3-13-12-21-9-8-14(13)10-16(21)11-19-18(23)20-15-4-6-17(22-2)7-5-15/h1,4-7,13-14,16H,8-12H2,2H3,(H2,19,20,23). The fourth-order valence-corrected chi connectivity index (χ4v) is 3.80. The molecular weight excluding hydrogens is 306 g/mol. The SMILES string of the molecule is C#CC1CN2CCC1CC2CNC(=S)Nc1ccc(OC)cc1. The van der Waals surface area contributed by atoms with Crippen LogP contribution in [0.4, 0.5) is 5.69 Å². The minimum absolute atomic E-state index is 0.435. The second-order valence-corrected chi connectivity index (χ2v) is 6.68. The Morgan fingerprint density at radius 3 is 2.83 bits per heavy atom. The number of rotatable bonds is 4. The van der Waals surface area contributed by atoms with E-state index in [4.69, 9.17) is 23.4 Å². The van der Waals surface area contributed by atoms with Crippen LogP contribution in [-0.4, -0.2) is 42.8 Å². The summed E-state index contributed by atoms with van der Waals surface area (Å²) in [5.41, 5.74) is 0.959. The highest BCUT2D eigenvalue weighted by Gasteiger charge is 2.38. The highest BCUT2D eigenvalue weighted by Crippen LogP contribution is 2.35. The van der Waals surface area contributed by atoms with Gasteiger partial charge in [0.2, 0.25) is 0 Å². The van der Waals surface area contributed by atoms with Crippen molar-refractivity contribution >= 4 is 23.0 Å². The number of fused-ring (bicyclic) bond motifs is 3. The molecule has 0 aromatic heterocycles. The number of ether oxygens (including phenoxy) is 1. The number of terminal acetylenes is 1. The number of benzene rings is 1. The largest absolute Gasteiger partial charge is 0.497 e. The van der Waals surface area contributed by atoms with Crippen molar-refractivity contribution in [3.05, 3.63) is 24.3 Å². The summed E-state index contributed by atoms with van der Waals surface area (Å²) in [7, 11) is 1.66. The minimum Gasteiger partial charge on any atom is -0.497 e. The Hall–Kier alpha value is -1.77. The van der Waals surface area contributed by atoms with Gasteiger partial charge in [0.15, 0.2) is 5.11 Å². The molecule has 3 aliphatic rings. The van der Waals surface area contributed by atoms with E-state index in [2.05, 4.69) is 21.5 Å². The fraction of sp³-hybridized carbons (Fsp3) is 0.500. The van der Waals surface area contributed by atoms with Crippen LogP contribution in [0, 0.1) is 24.2 Å². The van der Waals surface area contributed by atoms with E-state index in [-0.39, 0.29) is 0 Å². The molecule has 0 amide bonds. The maximum Gasteiger partial charge on any atom is 0.170 e. The maximum absolute atomic E-state index is 5.63. The number of piperidine rings is 3. The Balaban J connectivity index is 1.47. The van der Waals surface area contributed by atoms with E-state index in [0.29, 0.717) is 23.0 Å². The van der Waals surface area contributed by atoms with Crippen LogP contribution in [-0.2, 0) is 0 Å². The molecule has 1 aromatic rings. The number of nitrogens with zero attached hydrogens (tertiary/aromatic N) is 1. The zero-order valence-electron chi connectivity index (χ0n) is 13.4. The third-order valence-electron chi connectivity index (χ3n) is 4.94. The lowest BCUT2D eigenvalue weighted by atomic mass is 9.76. The van der Waals surface area contributed by atoms with Gasteiger partial charge in [-0.3, -0.25) is 4.90 Å². The van der Waals surface area contributed by atoms with Crippen molar-refractivity contribution < 1.29 is 4.74 Å². The highest BCUT2D eigenvalue weighted by molar-refractivity contribution is 7.80. The van der Waals surface area contributed by atoms with Gasteiger partial charge >= 0.3 is 0 Å². The van der Waals surface area contributed by atoms with Gasteiger partial charge in [0.25, 0.3) is 0 Å². The zero-order chi connectivity index (χ0) is 16.2. The molecule has 3 heterocycles. The second kappa shape index (κ2) is 7.20. The average Bonchev–Trinajstić information content (AvgIpc) is 2.61. The summed E-state index contributed by atoms with van der Waals surface area (Å²) in [6.45, 7) is 3.07. The molecule has 0 radical (unpaired) electrons. The zero-order valence-corrected chi connectivity index (χ0v) is 14.2. The van der Waals surface area contributed by atoms with Gasteiger partial charge in [0.05, 0.1) is 7.11 Å². The van der Waals surface area contributed by atoms with Crippen molar-refractivity contribution in [1.29, 1.82) is 0 Å². The van der Waals surface area contributed by atoms with Gasteiger partial charge < -0.3 is 15.4 Å². The third kappa shape index (κ3) is 3.77. The van der Waals surface area contributed by atoms with Crippen molar-refractivity contribution in [3.63, 3.8) is 0 Å². The first-order valence-corrected chi connectivity index (χ1v) is 8.49. The molecule has 0 aliphatic carbocycles. The summed E-state index contributed by atoms with van der Waals surface area (Å²) in [6, 6.07) is 8.27. The van der Waals surface area contributed by atoms with Crippen molar-refractivity contribution in [1.82, 2.24) is 10.2 Å². The Morgan fingerprint density at radius 2 is 2.22 bits per heavy atom. The number of anilines is 1. The minimum atomic E-state index is 0.435. The molecule has 4 unspecified atom stereocenters. The predicted octanol–water partition coefficient (Wildman–Crippen LogP) is 2.33. The van der Waals surface area contributed by atoms with Gasteiger partial charge in [0.1, 0.15) is 5.75 Å². The first-order chi connectivity index (χ1) is 11.2. The number of nitrogens with one attached hydrogen (secondary N) is 2. The highest BCUT2D eigenvalue weighted by atomic mass is 32.1. The third-order valence-corrected chi connectivity index (χ3v) is 5.19. The van der Waals surface area contributed by atoms with E-state index in [9.17, 15) is 0 Å². The van der Waals surface area contributed by atoms with Crippen molar-refractivity contribution in [2.75, 3.05) is 32.1 Å². The molecule has 3 fully saturated rings. The monoisotopic (exact) mass is 329 g/mol. The Bertz CT molecular complexity index is 595. The number of methoxy groups -OCH3 is 1. The smallest absolute Gasteiger partial charge is 0.170 e. The molecule has 23 heavy (non-hydrogen) atoms.